The van der Waals surface area contributed by atoms with E-state index in [1.165, 1.54) is 6.07 Å². The Morgan fingerprint density at radius 2 is 2.04 bits per heavy atom. The van der Waals surface area contributed by atoms with Gasteiger partial charge in [-0.3, -0.25) is 0 Å². The Hall–Kier alpha value is -1.91. The number of benzene rings is 2. The summed E-state index contributed by atoms with van der Waals surface area (Å²) in [7, 11) is 1.63. The van der Waals surface area contributed by atoms with E-state index < -0.39 is 5.41 Å². The topological polar surface area (TPSA) is 30.5 Å². The van der Waals surface area contributed by atoms with Crippen LogP contribution < -0.4 is 10.1 Å². The molecule has 1 heterocycles. The molecule has 3 nitrogen and oxygen atoms in total. The van der Waals surface area contributed by atoms with Gasteiger partial charge in [0.25, 0.3) is 0 Å². The van der Waals surface area contributed by atoms with Gasteiger partial charge in [0.15, 0.2) is 0 Å². The largest absolute Gasteiger partial charge is 0.496 e. The van der Waals surface area contributed by atoms with Gasteiger partial charge < -0.3 is 14.8 Å². The highest BCUT2D eigenvalue weighted by molar-refractivity contribution is 5.47. The highest BCUT2D eigenvalue weighted by Crippen LogP contribution is 2.42. The Kier molecular flexibility index (Phi) is 5.17. The van der Waals surface area contributed by atoms with E-state index in [-0.39, 0.29) is 11.9 Å². The molecule has 1 aliphatic rings. The Labute approximate surface area is 142 Å². The summed E-state index contributed by atoms with van der Waals surface area (Å²) in [6.07, 6.45) is 0.834. The predicted octanol–water partition coefficient (Wildman–Crippen LogP) is 3.52. The van der Waals surface area contributed by atoms with Crippen molar-refractivity contribution in [2.45, 2.75) is 24.9 Å². The fraction of sp³-hybridized carbons (Fsp3) is 0.400. The molecule has 128 valence electrons. The minimum atomic E-state index is -0.404. The van der Waals surface area contributed by atoms with Gasteiger partial charge in [-0.1, -0.05) is 37.3 Å². The fourth-order valence-electron chi connectivity index (χ4n) is 3.51. The third-order valence-electron chi connectivity index (χ3n) is 4.81. The van der Waals surface area contributed by atoms with Crippen LogP contribution in [0.15, 0.2) is 48.5 Å². The molecule has 0 aromatic heterocycles. The third kappa shape index (κ3) is 3.45. The van der Waals surface area contributed by atoms with Crippen molar-refractivity contribution in [3.05, 3.63) is 65.5 Å². The van der Waals surface area contributed by atoms with Gasteiger partial charge in [-0.2, -0.15) is 0 Å². The number of morpholine rings is 1. The summed E-state index contributed by atoms with van der Waals surface area (Å²) in [5, 5.41) is 3.37. The molecule has 3 rings (SSSR count). The zero-order valence-electron chi connectivity index (χ0n) is 14.2. The number of ether oxygens (including phenoxy) is 2. The molecule has 4 heteroatoms. The van der Waals surface area contributed by atoms with Crippen LogP contribution in [0, 0.1) is 5.82 Å². The maximum Gasteiger partial charge on any atom is 0.123 e. The molecule has 1 N–H and O–H groups in total. The van der Waals surface area contributed by atoms with Crippen LogP contribution in [0.4, 0.5) is 4.39 Å². The van der Waals surface area contributed by atoms with Crippen molar-refractivity contribution in [1.82, 2.24) is 5.32 Å². The molecule has 0 spiro atoms. The van der Waals surface area contributed by atoms with Crippen LogP contribution in [0.25, 0.3) is 0 Å². The van der Waals surface area contributed by atoms with Crippen LogP contribution in [0.1, 0.15) is 24.5 Å². The molecule has 1 aliphatic heterocycles. The molecule has 2 aromatic carbocycles. The summed E-state index contributed by atoms with van der Waals surface area (Å²) in [6.45, 7) is 4.52. The van der Waals surface area contributed by atoms with Crippen molar-refractivity contribution in [3.8, 4) is 5.75 Å². The van der Waals surface area contributed by atoms with E-state index in [2.05, 4.69) is 24.4 Å². The zero-order valence-corrected chi connectivity index (χ0v) is 14.2. The Morgan fingerprint density at radius 1 is 1.25 bits per heavy atom. The molecule has 1 fully saturated rings. The van der Waals surface area contributed by atoms with E-state index in [4.69, 9.17) is 9.47 Å². The minimum absolute atomic E-state index is 0.0805. The highest BCUT2D eigenvalue weighted by Gasteiger charge is 2.35. The normalized spacial score (nSPS) is 20.4. The highest BCUT2D eigenvalue weighted by atomic mass is 19.1. The van der Waals surface area contributed by atoms with Crippen LogP contribution in [-0.4, -0.2) is 32.9 Å². The minimum Gasteiger partial charge on any atom is -0.496 e. The number of hydrogen-bond donors (Lipinski definition) is 1. The Morgan fingerprint density at radius 3 is 2.71 bits per heavy atom. The van der Waals surface area contributed by atoms with Gasteiger partial charge in [0, 0.05) is 24.1 Å². The predicted molar refractivity (Wildman–Crippen MR) is 93.1 cm³/mol. The van der Waals surface area contributed by atoms with Crippen LogP contribution in [0.5, 0.6) is 5.75 Å². The average Bonchev–Trinajstić information content (AvgIpc) is 2.63. The number of hydrogen-bond acceptors (Lipinski definition) is 3. The van der Waals surface area contributed by atoms with Crippen molar-refractivity contribution in [1.29, 1.82) is 0 Å². The number of halogens is 1. The second kappa shape index (κ2) is 7.32. The molecule has 0 radical (unpaired) electrons. The van der Waals surface area contributed by atoms with Crippen molar-refractivity contribution in [2.75, 3.05) is 26.8 Å². The molecular formula is C20H24FNO2. The van der Waals surface area contributed by atoms with Gasteiger partial charge in [0.2, 0.25) is 0 Å². The fourth-order valence-corrected chi connectivity index (χ4v) is 3.51. The molecule has 0 saturated carbocycles. The van der Waals surface area contributed by atoms with Crippen molar-refractivity contribution >= 4 is 0 Å². The van der Waals surface area contributed by atoms with Gasteiger partial charge in [0.1, 0.15) is 11.6 Å². The second-order valence-electron chi connectivity index (χ2n) is 6.44. The van der Waals surface area contributed by atoms with E-state index in [0.29, 0.717) is 12.4 Å². The molecule has 24 heavy (non-hydrogen) atoms. The first-order valence-electron chi connectivity index (χ1n) is 8.35. The second-order valence-corrected chi connectivity index (χ2v) is 6.44. The first-order chi connectivity index (χ1) is 11.6. The van der Waals surface area contributed by atoms with Gasteiger partial charge in [-0.05, 0) is 30.2 Å². The Bertz CT molecular complexity index is 671. The van der Waals surface area contributed by atoms with Crippen LogP contribution >= 0.6 is 0 Å². The summed E-state index contributed by atoms with van der Waals surface area (Å²) in [4.78, 5) is 0. The first-order valence-corrected chi connectivity index (χ1v) is 8.35. The van der Waals surface area contributed by atoms with E-state index in [0.717, 1.165) is 30.6 Å². The summed E-state index contributed by atoms with van der Waals surface area (Å²) < 4.78 is 25.5. The maximum absolute atomic E-state index is 14.0. The lowest BCUT2D eigenvalue weighted by Gasteiger charge is -2.37. The number of nitrogens with one attached hydrogen (secondary N) is 1. The van der Waals surface area contributed by atoms with Gasteiger partial charge in [-0.25, -0.2) is 4.39 Å². The van der Waals surface area contributed by atoms with E-state index in [9.17, 15) is 4.39 Å². The van der Waals surface area contributed by atoms with E-state index in [1.807, 2.05) is 18.2 Å². The number of rotatable bonds is 5. The zero-order chi connectivity index (χ0) is 17.0. The van der Waals surface area contributed by atoms with E-state index >= 15 is 0 Å². The lowest BCUT2D eigenvalue weighted by atomic mass is 9.72. The average molecular weight is 329 g/mol. The quantitative estimate of drug-likeness (QED) is 0.910. The van der Waals surface area contributed by atoms with Crippen LogP contribution in [0.2, 0.25) is 0 Å². The van der Waals surface area contributed by atoms with Gasteiger partial charge in [0.05, 0.1) is 19.8 Å². The molecule has 0 bridgehead atoms. The molecule has 2 unspecified atom stereocenters. The summed E-state index contributed by atoms with van der Waals surface area (Å²) in [5.74, 6) is 0.446. The van der Waals surface area contributed by atoms with Crippen molar-refractivity contribution in [2.24, 2.45) is 0 Å². The lowest BCUT2D eigenvalue weighted by molar-refractivity contribution is 0.0137. The van der Waals surface area contributed by atoms with Crippen molar-refractivity contribution < 1.29 is 13.9 Å². The SMILES string of the molecule is COc1ccc(F)cc1C(C)(CC1CNCCO1)c1ccccc1. The smallest absolute Gasteiger partial charge is 0.123 e. The lowest BCUT2D eigenvalue weighted by Crippen LogP contribution is -2.42. The van der Waals surface area contributed by atoms with Crippen LogP contribution in [0.3, 0.4) is 0 Å². The molecular weight excluding hydrogens is 305 g/mol. The monoisotopic (exact) mass is 329 g/mol. The third-order valence-corrected chi connectivity index (χ3v) is 4.81. The molecule has 1 saturated heterocycles. The standard InChI is InChI=1S/C20H24FNO2/c1-20(15-6-4-3-5-7-15,13-17-14-22-10-11-24-17)18-12-16(21)8-9-19(18)23-2/h3-9,12,17,22H,10-11,13-14H2,1-2H3. The molecule has 0 aliphatic carbocycles. The first kappa shape index (κ1) is 16.9. The summed E-state index contributed by atoms with van der Waals surface area (Å²) in [6, 6.07) is 14.9. The van der Waals surface area contributed by atoms with Gasteiger partial charge in [-0.15, -0.1) is 0 Å². The molecule has 2 aromatic rings. The molecule has 0 amide bonds. The number of methoxy groups -OCH3 is 1. The van der Waals surface area contributed by atoms with Crippen molar-refractivity contribution in [3.63, 3.8) is 0 Å². The maximum atomic E-state index is 14.0. The summed E-state index contributed by atoms with van der Waals surface area (Å²) >= 11 is 0. The Balaban J connectivity index is 2.06. The summed E-state index contributed by atoms with van der Waals surface area (Å²) in [5.41, 5.74) is 1.58. The van der Waals surface area contributed by atoms with E-state index in [1.54, 1.807) is 19.2 Å². The van der Waals surface area contributed by atoms with Gasteiger partial charge >= 0.3 is 0 Å². The molecule has 2 atom stereocenters. The van der Waals surface area contributed by atoms with Crippen LogP contribution in [-0.2, 0) is 10.2 Å².